The predicted octanol–water partition coefficient (Wildman–Crippen LogP) is 4.62. The summed E-state index contributed by atoms with van der Waals surface area (Å²) in [5, 5.41) is 18.2. The van der Waals surface area contributed by atoms with Crippen LogP contribution in [0.15, 0.2) is 16.6 Å². The average molecular weight is 472 g/mol. The lowest BCUT2D eigenvalue weighted by Crippen LogP contribution is -2.29. The van der Waals surface area contributed by atoms with E-state index in [-0.39, 0.29) is 0 Å². The topological polar surface area (TPSA) is 66.1 Å². The number of nitrogens with one attached hydrogen (secondary N) is 1. The Morgan fingerprint density at radius 1 is 1.23 bits per heavy atom. The molecule has 0 aliphatic carbocycles. The monoisotopic (exact) mass is 471 g/mol. The zero-order chi connectivity index (χ0) is 21.1. The normalized spacial score (nSPS) is 18.7. The molecule has 30 heavy (non-hydrogen) atoms. The molecule has 2 aromatic rings. The number of benzene rings is 1. The lowest BCUT2D eigenvalue weighted by molar-refractivity contribution is 0.0653. The highest BCUT2D eigenvalue weighted by molar-refractivity contribution is 9.10. The molecule has 1 aromatic carbocycles. The van der Waals surface area contributed by atoms with Crippen molar-refractivity contribution in [3.63, 3.8) is 0 Å². The van der Waals surface area contributed by atoms with Crippen molar-refractivity contribution >= 4 is 27.4 Å². The summed E-state index contributed by atoms with van der Waals surface area (Å²) in [4.78, 5) is 2.34. The Morgan fingerprint density at radius 3 is 2.80 bits per heavy atom. The number of aromatic nitrogens is 2. The van der Waals surface area contributed by atoms with Crippen LogP contribution in [0, 0.1) is 11.3 Å². The Kier molecular flexibility index (Phi) is 6.77. The number of nitrogens with zero attached hydrogens (tertiary/aromatic N) is 4. The van der Waals surface area contributed by atoms with Crippen LogP contribution < -0.4 is 10.2 Å². The Morgan fingerprint density at radius 2 is 2.03 bits per heavy atom. The molecule has 4 heterocycles. The van der Waals surface area contributed by atoms with E-state index in [2.05, 4.69) is 43.0 Å². The van der Waals surface area contributed by atoms with Crippen LogP contribution in [0.25, 0.3) is 0 Å². The van der Waals surface area contributed by atoms with E-state index in [1.807, 2.05) is 19.9 Å². The van der Waals surface area contributed by atoms with Gasteiger partial charge in [-0.25, -0.2) is 0 Å². The van der Waals surface area contributed by atoms with Crippen molar-refractivity contribution in [3.05, 3.63) is 39.0 Å². The van der Waals surface area contributed by atoms with Crippen LogP contribution in [0.2, 0.25) is 0 Å². The summed E-state index contributed by atoms with van der Waals surface area (Å²) in [6.45, 7) is 8.44. The summed E-state index contributed by atoms with van der Waals surface area (Å²) < 4.78 is 8.75. The smallest absolute Gasteiger partial charge is 0.159 e. The highest BCUT2D eigenvalue weighted by Crippen LogP contribution is 2.40. The maximum atomic E-state index is 9.50. The lowest BCUT2D eigenvalue weighted by Gasteiger charge is -2.31. The number of rotatable bonds is 2. The summed E-state index contributed by atoms with van der Waals surface area (Å²) in [6.07, 6.45) is 5.21. The van der Waals surface area contributed by atoms with E-state index in [0.717, 1.165) is 80.9 Å². The van der Waals surface area contributed by atoms with Gasteiger partial charge in [-0.2, -0.15) is 10.4 Å². The molecule has 160 valence electrons. The van der Waals surface area contributed by atoms with E-state index in [4.69, 9.17) is 9.84 Å². The second-order valence-corrected chi connectivity index (χ2v) is 8.65. The number of nitriles is 1. The number of hydrogen-bond acceptors (Lipinski definition) is 5. The van der Waals surface area contributed by atoms with Crippen LogP contribution in [0.1, 0.15) is 61.5 Å². The highest BCUT2D eigenvalue weighted by atomic mass is 79.9. The van der Waals surface area contributed by atoms with E-state index in [9.17, 15) is 5.26 Å². The summed E-state index contributed by atoms with van der Waals surface area (Å²) >= 11 is 3.55. The minimum atomic E-state index is 0.429. The molecule has 0 unspecified atom stereocenters. The fourth-order valence-corrected chi connectivity index (χ4v) is 5.19. The van der Waals surface area contributed by atoms with Crippen molar-refractivity contribution in [1.82, 2.24) is 15.1 Å². The Balaban J connectivity index is 0.00000106. The molecule has 7 heteroatoms. The van der Waals surface area contributed by atoms with Gasteiger partial charge in [0.05, 0.1) is 11.6 Å². The first-order valence-electron chi connectivity index (χ1n) is 11.1. The third-order valence-corrected chi connectivity index (χ3v) is 6.79. The van der Waals surface area contributed by atoms with E-state index >= 15 is 0 Å². The molecule has 1 saturated heterocycles. The second-order valence-electron chi connectivity index (χ2n) is 7.79. The fourth-order valence-electron chi connectivity index (χ4n) is 4.71. The molecule has 0 spiro atoms. The highest BCUT2D eigenvalue weighted by Gasteiger charge is 2.31. The first-order chi connectivity index (χ1) is 14.8. The third-order valence-electron chi connectivity index (χ3n) is 6.14. The van der Waals surface area contributed by atoms with Gasteiger partial charge in [-0.3, -0.25) is 4.68 Å². The van der Waals surface area contributed by atoms with Crippen molar-refractivity contribution in [2.24, 2.45) is 0 Å². The van der Waals surface area contributed by atoms with E-state index in [1.165, 1.54) is 16.8 Å². The van der Waals surface area contributed by atoms with Crippen LogP contribution in [0.5, 0.6) is 0 Å². The summed E-state index contributed by atoms with van der Waals surface area (Å²) in [5.74, 6) is 1.07. The third kappa shape index (κ3) is 3.89. The Hall–Kier alpha value is -1.88. The first kappa shape index (κ1) is 21.4. The van der Waals surface area contributed by atoms with Gasteiger partial charge in [0.15, 0.2) is 5.82 Å². The molecule has 0 saturated carbocycles. The largest absolute Gasteiger partial charge is 0.381 e. The van der Waals surface area contributed by atoms with Crippen molar-refractivity contribution in [1.29, 1.82) is 5.26 Å². The maximum absolute atomic E-state index is 9.50. The zero-order valence-corrected chi connectivity index (χ0v) is 19.5. The zero-order valence-electron chi connectivity index (χ0n) is 17.9. The Bertz CT molecular complexity index is 942. The first-order valence-corrected chi connectivity index (χ1v) is 11.9. The van der Waals surface area contributed by atoms with Gasteiger partial charge in [-0.05, 0) is 59.3 Å². The predicted molar refractivity (Wildman–Crippen MR) is 122 cm³/mol. The van der Waals surface area contributed by atoms with Crippen LogP contribution in [0.3, 0.4) is 0 Å². The van der Waals surface area contributed by atoms with Crippen molar-refractivity contribution < 1.29 is 4.74 Å². The summed E-state index contributed by atoms with van der Waals surface area (Å²) in [6, 6.07) is 6.87. The molecule has 0 atom stereocenters. The van der Waals surface area contributed by atoms with Gasteiger partial charge in [0.1, 0.15) is 6.07 Å². The summed E-state index contributed by atoms with van der Waals surface area (Å²) in [7, 11) is 0. The molecule has 1 fully saturated rings. The molecule has 1 aromatic heterocycles. The molecule has 5 rings (SSSR count). The van der Waals surface area contributed by atoms with Gasteiger partial charge < -0.3 is 15.0 Å². The lowest BCUT2D eigenvalue weighted by atomic mass is 9.98. The molecule has 3 aliphatic rings. The molecular weight excluding hydrogens is 442 g/mol. The minimum Gasteiger partial charge on any atom is -0.381 e. The van der Waals surface area contributed by atoms with E-state index in [1.54, 1.807) is 0 Å². The van der Waals surface area contributed by atoms with Gasteiger partial charge in [0, 0.05) is 60.7 Å². The molecule has 0 radical (unpaired) electrons. The number of aryl methyl sites for hydroxylation is 1. The van der Waals surface area contributed by atoms with Gasteiger partial charge >= 0.3 is 0 Å². The second kappa shape index (κ2) is 9.51. The molecular formula is C23H30BrN5O. The van der Waals surface area contributed by atoms with Gasteiger partial charge in [0.25, 0.3) is 0 Å². The Labute approximate surface area is 187 Å². The molecule has 0 amide bonds. The molecule has 1 N–H and O–H groups in total. The molecule has 6 nitrogen and oxygen atoms in total. The van der Waals surface area contributed by atoms with E-state index < -0.39 is 0 Å². The van der Waals surface area contributed by atoms with Crippen LogP contribution in [0.4, 0.5) is 11.5 Å². The van der Waals surface area contributed by atoms with Crippen molar-refractivity contribution in [3.8, 4) is 6.07 Å². The molecule has 0 bridgehead atoms. The van der Waals surface area contributed by atoms with Gasteiger partial charge in [0.2, 0.25) is 0 Å². The average Bonchev–Trinajstić information content (AvgIpc) is 3.19. The standard InChI is InChI=1S/C21H24BrN5O.C2H6/c22-18-10-14-2-1-7-26(20(14)11-15(18)12-23)21-17-13-24-6-3-19(17)27(25-21)16-4-8-28-9-5-16;1-2/h10-11,16,24H,1-9,13H2;1-2H3. The van der Waals surface area contributed by atoms with Crippen LogP contribution >= 0.6 is 15.9 Å². The van der Waals surface area contributed by atoms with Crippen molar-refractivity contribution in [2.75, 3.05) is 31.2 Å². The molecule has 3 aliphatic heterocycles. The summed E-state index contributed by atoms with van der Waals surface area (Å²) in [5.41, 5.74) is 5.81. The number of anilines is 2. The quantitative estimate of drug-likeness (QED) is 0.691. The van der Waals surface area contributed by atoms with Crippen LogP contribution in [-0.2, 0) is 24.1 Å². The minimum absolute atomic E-state index is 0.429. The van der Waals surface area contributed by atoms with E-state index in [0.29, 0.717) is 11.6 Å². The number of ether oxygens (including phenoxy) is 1. The number of halogens is 1. The van der Waals surface area contributed by atoms with Gasteiger partial charge in [-0.15, -0.1) is 0 Å². The van der Waals surface area contributed by atoms with Crippen LogP contribution in [-0.4, -0.2) is 36.1 Å². The van der Waals surface area contributed by atoms with Gasteiger partial charge in [-0.1, -0.05) is 13.8 Å². The number of hydrogen-bond donors (Lipinski definition) is 1. The fraction of sp³-hybridized carbons (Fsp3) is 0.565. The number of fused-ring (bicyclic) bond motifs is 2. The van der Waals surface area contributed by atoms with Crippen molar-refractivity contribution in [2.45, 2.75) is 58.5 Å². The SMILES string of the molecule is CC.N#Cc1cc2c(cc1Br)CCCN2c1nn(C2CCOCC2)c2c1CNCC2. The maximum Gasteiger partial charge on any atom is 0.159 e.